The van der Waals surface area contributed by atoms with Crippen LogP contribution in [0.5, 0.6) is 5.75 Å². The number of benzene rings is 1. The van der Waals surface area contributed by atoms with E-state index in [4.69, 9.17) is 0 Å². The Kier molecular flexibility index (Phi) is 4.67. The van der Waals surface area contributed by atoms with Crippen LogP contribution in [0.2, 0.25) is 0 Å². The zero-order valence-corrected chi connectivity index (χ0v) is 15.3. The highest BCUT2D eigenvalue weighted by molar-refractivity contribution is 5.73. The largest absolute Gasteiger partial charge is 0.507 e. The Balaban J connectivity index is 1.68. The fourth-order valence-electron chi connectivity index (χ4n) is 4.05. The molecule has 2 atom stereocenters. The Morgan fingerprint density at radius 2 is 2.00 bits per heavy atom. The van der Waals surface area contributed by atoms with Crippen molar-refractivity contribution in [3.8, 4) is 17.0 Å². The van der Waals surface area contributed by atoms with Gasteiger partial charge in [0, 0.05) is 24.2 Å². The van der Waals surface area contributed by atoms with Crippen LogP contribution in [0.25, 0.3) is 11.3 Å². The Bertz CT molecular complexity index is 880. The van der Waals surface area contributed by atoms with Gasteiger partial charge in [-0.15, -0.1) is 10.2 Å². The van der Waals surface area contributed by atoms with Gasteiger partial charge in [-0.3, -0.25) is 0 Å². The number of aliphatic hydroxyl groups is 1. The van der Waals surface area contributed by atoms with Gasteiger partial charge in [-0.05, 0) is 50.1 Å². The number of phenolic OH excluding ortho intramolecular Hbond substituents is 1. The SMILES string of the molecule is Cc1cc(C(F)(F)F)cc(O)c1-c1cc2c(nn1)N([C@H]1CNCC[C@H]1O)CC2. The molecule has 3 N–H and O–H groups in total. The van der Waals surface area contributed by atoms with Gasteiger partial charge in [0.2, 0.25) is 0 Å². The van der Waals surface area contributed by atoms with Crippen molar-refractivity contribution in [3.63, 3.8) is 0 Å². The second-order valence-electron chi connectivity index (χ2n) is 7.33. The molecule has 1 saturated heterocycles. The van der Waals surface area contributed by atoms with Crippen molar-refractivity contribution in [2.75, 3.05) is 24.5 Å². The van der Waals surface area contributed by atoms with E-state index in [1.165, 1.54) is 6.92 Å². The van der Waals surface area contributed by atoms with Crippen LogP contribution in [-0.2, 0) is 12.6 Å². The molecule has 4 rings (SSSR count). The number of nitrogens with zero attached hydrogens (tertiary/aromatic N) is 3. The first-order chi connectivity index (χ1) is 13.3. The molecule has 0 radical (unpaired) electrons. The van der Waals surface area contributed by atoms with Crippen LogP contribution in [0, 0.1) is 6.92 Å². The van der Waals surface area contributed by atoms with Crippen LogP contribution in [0.1, 0.15) is 23.1 Å². The summed E-state index contributed by atoms with van der Waals surface area (Å²) in [5, 5.41) is 32.2. The lowest BCUT2D eigenvalue weighted by Crippen LogP contribution is -2.53. The number of nitrogens with one attached hydrogen (secondary N) is 1. The molecule has 0 bridgehead atoms. The van der Waals surface area contributed by atoms with E-state index in [0.717, 1.165) is 18.2 Å². The third-order valence-corrected chi connectivity index (χ3v) is 5.46. The van der Waals surface area contributed by atoms with Crippen LogP contribution >= 0.6 is 0 Å². The number of fused-ring (bicyclic) bond motifs is 1. The summed E-state index contributed by atoms with van der Waals surface area (Å²) < 4.78 is 38.8. The Labute approximate surface area is 160 Å². The van der Waals surface area contributed by atoms with E-state index in [0.29, 0.717) is 43.5 Å². The van der Waals surface area contributed by atoms with Gasteiger partial charge in [0.25, 0.3) is 0 Å². The number of hydrogen-bond donors (Lipinski definition) is 3. The van der Waals surface area contributed by atoms with Gasteiger partial charge in [0.05, 0.1) is 23.4 Å². The summed E-state index contributed by atoms with van der Waals surface area (Å²) in [7, 11) is 0. The highest BCUT2D eigenvalue weighted by Gasteiger charge is 2.35. The summed E-state index contributed by atoms with van der Waals surface area (Å²) in [6.45, 7) is 3.63. The van der Waals surface area contributed by atoms with Gasteiger partial charge in [0.15, 0.2) is 5.82 Å². The number of alkyl halides is 3. The smallest absolute Gasteiger partial charge is 0.416 e. The van der Waals surface area contributed by atoms with Crippen LogP contribution in [0.15, 0.2) is 18.2 Å². The maximum atomic E-state index is 12.9. The highest BCUT2D eigenvalue weighted by atomic mass is 19.4. The van der Waals surface area contributed by atoms with E-state index in [9.17, 15) is 23.4 Å². The molecule has 1 aromatic heterocycles. The van der Waals surface area contributed by atoms with E-state index in [-0.39, 0.29) is 17.2 Å². The first kappa shape index (κ1) is 18.9. The lowest BCUT2D eigenvalue weighted by Gasteiger charge is -2.36. The molecule has 0 amide bonds. The summed E-state index contributed by atoms with van der Waals surface area (Å²) >= 11 is 0. The number of rotatable bonds is 2. The number of piperidine rings is 1. The summed E-state index contributed by atoms with van der Waals surface area (Å²) in [6.07, 6.45) is -3.61. The number of aromatic hydroxyl groups is 1. The van der Waals surface area contributed by atoms with E-state index in [1.807, 2.05) is 4.90 Å². The van der Waals surface area contributed by atoms with Crippen LogP contribution < -0.4 is 10.2 Å². The zero-order chi connectivity index (χ0) is 20.1. The lowest BCUT2D eigenvalue weighted by molar-refractivity contribution is -0.137. The predicted octanol–water partition coefficient (Wildman–Crippen LogP) is 2.26. The van der Waals surface area contributed by atoms with Crippen molar-refractivity contribution in [2.24, 2.45) is 0 Å². The van der Waals surface area contributed by atoms with Crippen molar-refractivity contribution in [2.45, 2.75) is 38.1 Å². The summed E-state index contributed by atoms with van der Waals surface area (Å²) in [6, 6.07) is 3.39. The molecule has 6 nitrogen and oxygen atoms in total. The van der Waals surface area contributed by atoms with Crippen molar-refractivity contribution in [3.05, 3.63) is 34.9 Å². The molecule has 3 heterocycles. The lowest BCUT2D eigenvalue weighted by atomic mass is 9.99. The van der Waals surface area contributed by atoms with Crippen LogP contribution in [0.4, 0.5) is 19.0 Å². The minimum absolute atomic E-state index is 0.0867. The average Bonchev–Trinajstić information content (AvgIpc) is 3.04. The van der Waals surface area contributed by atoms with E-state index in [2.05, 4.69) is 15.5 Å². The first-order valence-electron chi connectivity index (χ1n) is 9.19. The number of halogens is 3. The number of aryl methyl sites for hydroxylation is 1. The number of anilines is 1. The maximum Gasteiger partial charge on any atom is 0.416 e. The van der Waals surface area contributed by atoms with E-state index >= 15 is 0 Å². The fourth-order valence-corrected chi connectivity index (χ4v) is 4.05. The highest BCUT2D eigenvalue weighted by Crippen LogP contribution is 2.39. The normalized spacial score (nSPS) is 22.4. The quantitative estimate of drug-likeness (QED) is 0.725. The standard InChI is InChI=1S/C19H21F3N4O2/c1-10-6-12(19(20,21)22)8-16(28)17(10)13-7-11-3-5-26(18(11)25-24-13)14-9-23-4-2-15(14)27/h6-8,14-15,23,27-28H,2-5,9H2,1H3/t14-,15+/m0/s1. The second-order valence-corrected chi connectivity index (χ2v) is 7.33. The molecule has 9 heteroatoms. The molecule has 2 aromatic rings. The second kappa shape index (κ2) is 6.89. The molecule has 1 fully saturated rings. The third kappa shape index (κ3) is 3.29. The van der Waals surface area contributed by atoms with Crippen LogP contribution in [0.3, 0.4) is 0 Å². The molecule has 0 aliphatic carbocycles. The molecular weight excluding hydrogens is 373 g/mol. The molecule has 150 valence electrons. The number of aromatic nitrogens is 2. The van der Waals surface area contributed by atoms with Gasteiger partial charge in [-0.2, -0.15) is 13.2 Å². The molecule has 2 aliphatic rings. The monoisotopic (exact) mass is 394 g/mol. The average molecular weight is 394 g/mol. The molecule has 0 unspecified atom stereocenters. The van der Waals surface area contributed by atoms with Gasteiger partial charge in [-0.25, -0.2) is 0 Å². The van der Waals surface area contributed by atoms with Gasteiger partial charge >= 0.3 is 6.18 Å². The topological polar surface area (TPSA) is 81.5 Å². The van der Waals surface area contributed by atoms with Crippen molar-refractivity contribution in [1.29, 1.82) is 0 Å². The summed E-state index contributed by atoms with van der Waals surface area (Å²) in [5.74, 6) is 0.212. The first-order valence-corrected chi connectivity index (χ1v) is 9.19. The van der Waals surface area contributed by atoms with E-state index < -0.39 is 23.6 Å². The minimum atomic E-state index is -4.53. The van der Waals surface area contributed by atoms with Crippen LogP contribution in [-0.4, -0.2) is 52.2 Å². The van der Waals surface area contributed by atoms with Crippen molar-refractivity contribution in [1.82, 2.24) is 15.5 Å². The van der Waals surface area contributed by atoms with Gasteiger partial charge < -0.3 is 20.4 Å². The van der Waals surface area contributed by atoms with Gasteiger partial charge in [0.1, 0.15) is 5.75 Å². The van der Waals surface area contributed by atoms with E-state index in [1.54, 1.807) is 6.07 Å². The number of aliphatic hydroxyl groups excluding tert-OH is 1. The Morgan fingerprint density at radius 1 is 1.21 bits per heavy atom. The Hall–Kier alpha value is -2.39. The Morgan fingerprint density at radius 3 is 2.68 bits per heavy atom. The van der Waals surface area contributed by atoms with Gasteiger partial charge in [-0.1, -0.05) is 0 Å². The summed E-state index contributed by atoms with van der Waals surface area (Å²) in [5.41, 5.74) is 0.878. The van der Waals surface area contributed by atoms with Crippen molar-refractivity contribution < 1.29 is 23.4 Å². The number of hydrogen-bond acceptors (Lipinski definition) is 6. The van der Waals surface area contributed by atoms with Crippen molar-refractivity contribution >= 4 is 5.82 Å². The molecule has 1 aromatic carbocycles. The molecule has 2 aliphatic heterocycles. The maximum absolute atomic E-state index is 12.9. The molecule has 0 spiro atoms. The minimum Gasteiger partial charge on any atom is -0.507 e. The third-order valence-electron chi connectivity index (χ3n) is 5.46. The zero-order valence-electron chi connectivity index (χ0n) is 15.3. The molecule has 28 heavy (non-hydrogen) atoms. The molecular formula is C19H21F3N4O2. The summed E-state index contributed by atoms with van der Waals surface area (Å²) in [4.78, 5) is 2.03. The predicted molar refractivity (Wildman–Crippen MR) is 97.2 cm³/mol. The fraction of sp³-hybridized carbons (Fsp3) is 0.474. The number of phenols is 1. The molecule has 0 saturated carbocycles.